The van der Waals surface area contributed by atoms with Crippen LogP contribution < -0.4 is 10.6 Å². The Morgan fingerprint density at radius 2 is 1.97 bits per heavy atom. The highest BCUT2D eigenvalue weighted by Gasteiger charge is 2.26. The van der Waals surface area contributed by atoms with Gasteiger partial charge in [-0.3, -0.25) is 9.36 Å². The second-order valence-electron chi connectivity index (χ2n) is 7.28. The van der Waals surface area contributed by atoms with Crippen molar-refractivity contribution in [2.24, 2.45) is 9.98 Å². The second kappa shape index (κ2) is 13.3. The molecule has 1 aromatic carbocycles. The zero-order valence-electron chi connectivity index (χ0n) is 17.8. The van der Waals surface area contributed by atoms with Crippen LogP contribution in [0.5, 0.6) is 0 Å². The Hall–Kier alpha value is -2.11. The molecule has 0 heterocycles. The SMILES string of the molecule is CC(CN/C=C/C=C/CPO)N=C=NC(C)(C)C(=O)Nc1ccc(CP(=O)(O)O)cc1. The zero-order chi connectivity index (χ0) is 23.3. The quantitative estimate of drug-likeness (QED) is 0.181. The summed E-state index contributed by atoms with van der Waals surface area (Å²) in [5, 5.41) is 5.81. The first kappa shape index (κ1) is 26.9. The molecule has 0 aromatic heterocycles. The van der Waals surface area contributed by atoms with E-state index in [4.69, 9.17) is 14.7 Å². The van der Waals surface area contributed by atoms with Crippen LogP contribution in [0, 0.1) is 0 Å². The molecule has 0 aliphatic heterocycles. The summed E-state index contributed by atoms with van der Waals surface area (Å²) >= 11 is 0. The molecule has 0 aliphatic rings. The molecule has 1 rings (SSSR count). The van der Waals surface area contributed by atoms with Gasteiger partial charge in [-0.1, -0.05) is 24.3 Å². The predicted molar refractivity (Wildman–Crippen MR) is 126 cm³/mol. The van der Waals surface area contributed by atoms with Crippen LogP contribution in [0.2, 0.25) is 0 Å². The third kappa shape index (κ3) is 12.4. The first-order valence-electron chi connectivity index (χ1n) is 9.57. The first-order chi connectivity index (χ1) is 14.5. The van der Waals surface area contributed by atoms with Gasteiger partial charge in [-0.05, 0) is 50.7 Å². The van der Waals surface area contributed by atoms with Crippen LogP contribution in [0.15, 0.2) is 58.7 Å². The lowest BCUT2D eigenvalue weighted by molar-refractivity contribution is -0.119. The first-order valence-corrected chi connectivity index (χ1v) is 12.5. The number of carbonyl (C=O) groups is 1. The molecule has 0 saturated heterocycles. The Morgan fingerprint density at radius 1 is 1.29 bits per heavy atom. The second-order valence-corrected chi connectivity index (χ2v) is 9.65. The number of aliphatic imine (C=N–C) groups is 2. The van der Waals surface area contributed by atoms with Crippen molar-refractivity contribution in [2.45, 2.75) is 38.5 Å². The number of hydrogen-bond acceptors (Lipinski definition) is 6. The zero-order valence-corrected chi connectivity index (χ0v) is 19.7. The van der Waals surface area contributed by atoms with Gasteiger partial charge in [0.15, 0.2) is 0 Å². The van der Waals surface area contributed by atoms with Crippen molar-refractivity contribution >= 4 is 34.0 Å². The number of nitrogens with one attached hydrogen (secondary N) is 2. The number of rotatable bonds is 12. The summed E-state index contributed by atoms with van der Waals surface area (Å²) in [6.45, 7) is 5.73. The third-order valence-electron chi connectivity index (χ3n) is 3.85. The number of benzene rings is 1. The van der Waals surface area contributed by atoms with Crippen LogP contribution in [0.1, 0.15) is 26.3 Å². The lowest BCUT2D eigenvalue weighted by Gasteiger charge is -2.17. The van der Waals surface area contributed by atoms with E-state index in [1.54, 1.807) is 44.3 Å². The molecule has 1 aromatic rings. The monoisotopic (exact) mass is 468 g/mol. The average Bonchev–Trinajstić information content (AvgIpc) is 2.67. The summed E-state index contributed by atoms with van der Waals surface area (Å²) in [6.07, 6.45) is 7.62. The van der Waals surface area contributed by atoms with Crippen molar-refractivity contribution in [2.75, 3.05) is 18.0 Å². The van der Waals surface area contributed by atoms with Gasteiger partial charge in [0, 0.05) is 27.2 Å². The molecule has 0 aliphatic carbocycles. The van der Waals surface area contributed by atoms with Crippen LogP contribution in [0.3, 0.4) is 0 Å². The summed E-state index contributed by atoms with van der Waals surface area (Å²) < 4.78 is 11.0. The van der Waals surface area contributed by atoms with Crippen molar-refractivity contribution in [3.8, 4) is 0 Å². The number of allylic oxidation sites excluding steroid dienone is 3. The Morgan fingerprint density at radius 3 is 2.58 bits per heavy atom. The number of carbonyl (C=O) groups excluding carboxylic acids is 1. The highest BCUT2D eigenvalue weighted by molar-refractivity contribution is 7.50. The maximum Gasteiger partial charge on any atom is 0.329 e. The van der Waals surface area contributed by atoms with Crippen molar-refractivity contribution in [3.05, 3.63) is 54.3 Å². The van der Waals surface area contributed by atoms with Gasteiger partial charge in [0.25, 0.3) is 5.91 Å². The lowest BCUT2D eigenvalue weighted by atomic mass is 10.1. The fourth-order valence-electron chi connectivity index (χ4n) is 2.13. The Labute approximate surface area is 184 Å². The molecule has 2 atom stereocenters. The standard InChI is InChI=1S/C20H30N4O5P2/c1-16(13-21-11-5-4-6-12-30-26)22-15-23-20(2,3)19(25)24-18-9-7-17(8-10-18)14-31(27,28)29/h4-11,16,21,26,30H,12-14H2,1-3H3,(H,24,25)(H2,27,28,29)/b6-4+,11-5+. The number of amides is 1. The summed E-state index contributed by atoms with van der Waals surface area (Å²) in [4.78, 5) is 47.5. The van der Waals surface area contributed by atoms with Crippen LogP contribution in [-0.4, -0.2) is 50.9 Å². The van der Waals surface area contributed by atoms with Gasteiger partial charge in [-0.15, -0.1) is 0 Å². The fraction of sp³-hybridized carbons (Fsp3) is 0.400. The average molecular weight is 468 g/mol. The molecule has 1 amide bonds. The maximum absolute atomic E-state index is 12.5. The van der Waals surface area contributed by atoms with E-state index < -0.39 is 13.1 Å². The van der Waals surface area contributed by atoms with E-state index in [-0.39, 0.29) is 26.9 Å². The largest absolute Gasteiger partial charge is 0.389 e. The third-order valence-corrected chi connectivity index (χ3v) is 5.04. The van der Waals surface area contributed by atoms with E-state index in [0.29, 0.717) is 24.0 Å². The minimum Gasteiger partial charge on any atom is -0.389 e. The molecule has 9 nitrogen and oxygen atoms in total. The van der Waals surface area contributed by atoms with Crippen molar-refractivity contribution < 1.29 is 24.0 Å². The van der Waals surface area contributed by atoms with Gasteiger partial charge in [0.1, 0.15) is 5.54 Å². The predicted octanol–water partition coefficient (Wildman–Crippen LogP) is 2.89. The minimum absolute atomic E-state index is 0.0817. The molecule has 5 N–H and O–H groups in total. The van der Waals surface area contributed by atoms with Crippen LogP contribution in [-0.2, 0) is 15.5 Å². The smallest absolute Gasteiger partial charge is 0.329 e. The molecule has 2 unspecified atom stereocenters. The topological polar surface area (TPSA) is 144 Å². The summed E-state index contributed by atoms with van der Waals surface area (Å²) in [5.74, 6) is -0.359. The fourth-order valence-corrected chi connectivity index (χ4v) is 3.05. The van der Waals surface area contributed by atoms with Crippen molar-refractivity contribution in [1.82, 2.24) is 5.32 Å². The van der Waals surface area contributed by atoms with Gasteiger partial charge in [-0.25, -0.2) is 9.98 Å². The summed E-state index contributed by atoms with van der Waals surface area (Å²) in [7, 11) is -4.21. The Balaban J connectivity index is 2.56. The van der Waals surface area contributed by atoms with Gasteiger partial charge in [-0.2, -0.15) is 0 Å². The van der Waals surface area contributed by atoms with Gasteiger partial charge in [0.2, 0.25) is 0 Å². The molecular formula is C20H30N4O5P2. The minimum atomic E-state index is -4.13. The molecule has 170 valence electrons. The maximum atomic E-state index is 12.5. The molecule has 0 saturated carbocycles. The van der Waals surface area contributed by atoms with E-state index in [1.807, 2.05) is 25.2 Å². The van der Waals surface area contributed by atoms with Crippen molar-refractivity contribution in [3.63, 3.8) is 0 Å². The van der Waals surface area contributed by atoms with Crippen molar-refractivity contribution in [1.29, 1.82) is 0 Å². The van der Waals surface area contributed by atoms with Crippen LogP contribution >= 0.6 is 16.4 Å². The molecule has 31 heavy (non-hydrogen) atoms. The number of hydrogen-bond donors (Lipinski definition) is 5. The van der Waals surface area contributed by atoms with Gasteiger partial charge >= 0.3 is 7.60 Å². The van der Waals surface area contributed by atoms with E-state index in [2.05, 4.69) is 26.6 Å². The number of nitrogens with zero attached hydrogens (tertiary/aromatic N) is 2. The lowest BCUT2D eigenvalue weighted by Crippen LogP contribution is -2.35. The van der Waals surface area contributed by atoms with E-state index in [9.17, 15) is 9.36 Å². The molecule has 0 spiro atoms. The Kier molecular flexibility index (Phi) is 11.6. The van der Waals surface area contributed by atoms with E-state index >= 15 is 0 Å². The van der Waals surface area contributed by atoms with Gasteiger partial charge in [0.05, 0.1) is 18.2 Å². The molecule has 0 bridgehead atoms. The molecule has 0 fully saturated rings. The van der Waals surface area contributed by atoms with E-state index in [1.165, 1.54) is 0 Å². The normalized spacial score (nSPS) is 13.5. The van der Waals surface area contributed by atoms with Gasteiger partial charge < -0.3 is 25.3 Å². The highest BCUT2D eigenvalue weighted by Crippen LogP contribution is 2.39. The van der Waals surface area contributed by atoms with Crippen LogP contribution in [0.25, 0.3) is 0 Å². The molecular weight excluding hydrogens is 438 g/mol. The number of anilines is 1. The Bertz CT molecular complexity index is 872. The summed E-state index contributed by atoms with van der Waals surface area (Å²) in [5.41, 5.74) is -0.119. The molecule has 0 radical (unpaired) electrons. The van der Waals surface area contributed by atoms with E-state index in [0.717, 1.165) is 0 Å². The molecule has 11 heteroatoms. The highest BCUT2D eigenvalue weighted by atomic mass is 31.2. The van der Waals surface area contributed by atoms with Crippen LogP contribution in [0.4, 0.5) is 5.69 Å². The summed E-state index contributed by atoms with van der Waals surface area (Å²) in [6, 6.07) is 8.76.